The minimum absolute atomic E-state index is 0.700. The van der Waals surface area contributed by atoms with Crippen molar-refractivity contribution in [3.05, 3.63) is 35.4 Å². The van der Waals surface area contributed by atoms with Crippen molar-refractivity contribution in [2.45, 2.75) is 77.4 Å². The largest absolute Gasteiger partial charge is 0.251 e. The van der Waals surface area contributed by atoms with Crippen molar-refractivity contribution in [2.75, 3.05) is 0 Å². The highest BCUT2D eigenvalue weighted by atomic mass is 17.1. The lowest BCUT2D eigenvalue weighted by Crippen LogP contribution is -2.27. The minimum atomic E-state index is -0.700. The zero-order valence-electron chi connectivity index (χ0n) is 14.3. The normalized spacial score (nSPS) is 17.0. The summed E-state index contributed by atoms with van der Waals surface area (Å²) in [4.78, 5) is 9.52. The predicted molar refractivity (Wildman–Crippen MR) is 87.6 cm³/mol. The van der Waals surface area contributed by atoms with Crippen LogP contribution in [-0.4, -0.2) is 10.5 Å². The van der Waals surface area contributed by atoms with E-state index in [0.29, 0.717) is 0 Å². The van der Waals surface area contributed by atoms with Crippen LogP contribution in [0.4, 0.5) is 0 Å². The Morgan fingerprint density at radius 1 is 0.773 bits per heavy atom. The van der Waals surface area contributed by atoms with Gasteiger partial charge in [0.25, 0.3) is 0 Å². The van der Waals surface area contributed by atoms with E-state index < -0.39 is 11.2 Å². The molecule has 22 heavy (non-hydrogen) atoms. The van der Waals surface area contributed by atoms with Crippen LogP contribution in [0.3, 0.4) is 0 Å². The smallest absolute Gasteiger partial charge is 0.125 e. The Hall–Kier alpha value is -0.940. The maximum absolute atomic E-state index is 9.29. The molecule has 0 aliphatic heterocycles. The van der Waals surface area contributed by atoms with E-state index in [2.05, 4.69) is 13.8 Å². The van der Waals surface area contributed by atoms with Gasteiger partial charge in [-0.2, -0.15) is 0 Å². The van der Waals surface area contributed by atoms with Crippen LogP contribution in [0.1, 0.15) is 77.3 Å². The van der Waals surface area contributed by atoms with Crippen LogP contribution in [0.25, 0.3) is 0 Å². The molecule has 0 aliphatic rings. The standard InChI is InChI=1S/C18H30O4/c1-5-7-13-17(3,21-19)15-9-11-16(12-10-15)18(4,22-20)14-8-6-2/h9-12,19-20H,5-8,13-14H2,1-4H3. The van der Waals surface area contributed by atoms with Crippen LogP contribution in [-0.2, 0) is 21.0 Å². The number of rotatable bonds is 10. The van der Waals surface area contributed by atoms with E-state index in [1.807, 2.05) is 38.1 Å². The minimum Gasteiger partial charge on any atom is -0.251 e. The third-order valence-corrected chi connectivity index (χ3v) is 4.52. The summed E-state index contributed by atoms with van der Waals surface area (Å²) in [6, 6.07) is 7.74. The molecule has 0 aliphatic carbocycles. The first-order chi connectivity index (χ1) is 10.5. The van der Waals surface area contributed by atoms with Gasteiger partial charge >= 0.3 is 0 Å². The number of benzene rings is 1. The third-order valence-electron chi connectivity index (χ3n) is 4.52. The molecule has 1 aromatic rings. The molecule has 0 radical (unpaired) electrons. The lowest BCUT2D eigenvalue weighted by atomic mass is 9.86. The lowest BCUT2D eigenvalue weighted by Gasteiger charge is -2.29. The van der Waals surface area contributed by atoms with Gasteiger partial charge in [-0.15, -0.1) is 0 Å². The molecule has 0 bridgehead atoms. The van der Waals surface area contributed by atoms with Crippen molar-refractivity contribution < 1.29 is 20.3 Å². The van der Waals surface area contributed by atoms with Crippen molar-refractivity contribution in [3.8, 4) is 0 Å². The van der Waals surface area contributed by atoms with Gasteiger partial charge < -0.3 is 0 Å². The predicted octanol–water partition coefficient (Wildman–Crippen LogP) is 5.48. The van der Waals surface area contributed by atoms with Gasteiger partial charge in [0.2, 0.25) is 0 Å². The fourth-order valence-electron chi connectivity index (χ4n) is 2.69. The summed E-state index contributed by atoms with van der Waals surface area (Å²) in [5.41, 5.74) is 0.439. The highest BCUT2D eigenvalue weighted by Crippen LogP contribution is 2.34. The Morgan fingerprint density at radius 2 is 1.09 bits per heavy atom. The van der Waals surface area contributed by atoms with Crippen molar-refractivity contribution in [1.29, 1.82) is 0 Å². The maximum Gasteiger partial charge on any atom is 0.125 e. The molecule has 2 atom stereocenters. The third kappa shape index (κ3) is 4.53. The summed E-state index contributed by atoms with van der Waals surface area (Å²) in [5.74, 6) is 0. The Kier molecular flexibility index (Phi) is 7.49. The summed E-state index contributed by atoms with van der Waals surface area (Å²) in [6.07, 6.45) is 5.56. The molecule has 0 amide bonds. The second-order valence-electron chi connectivity index (χ2n) is 6.43. The van der Waals surface area contributed by atoms with Crippen molar-refractivity contribution in [2.24, 2.45) is 0 Å². The molecular formula is C18H30O4. The van der Waals surface area contributed by atoms with Gasteiger partial charge in [-0.05, 0) is 37.8 Å². The number of hydrogen-bond acceptors (Lipinski definition) is 4. The molecule has 2 N–H and O–H groups in total. The quantitative estimate of drug-likeness (QED) is 0.444. The van der Waals surface area contributed by atoms with Gasteiger partial charge in [0.1, 0.15) is 11.2 Å². The van der Waals surface area contributed by atoms with E-state index in [9.17, 15) is 10.5 Å². The summed E-state index contributed by atoms with van der Waals surface area (Å²) in [7, 11) is 0. The fourth-order valence-corrected chi connectivity index (χ4v) is 2.69. The summed E-state index contributed by atoms with van der Waals surface area (Å²) in [5, 5.41) is 18.6. The molecule has 126 valence electrons. The van der Waals surface area contributed by atoms with Gasteiger partial charge in [0.05, 0.1) is 0 Å². The highest BCUT2D eigenvalue weighted by molar-refractivity contribution is 5.30. The van der Waals surface area contributed by atoms with Gasteiger partial charge in [-0.1, -0.05) is 63.8 Å². The molecule has 4 heteroatoms. The monoisotopic (exact) mass is 310 g/mol. The SMILES string of the molecule is CCCCC(C)(OO)c1ccc(C(C)(CCCC)OO)cc1. The molecule has 1 aromatic carbocycles. The Bertz CT molecular complexity index is 390. The van der Waals surface area contributed by atoms with E-state index >= 15 is 0 Å². The van der Waals surface area contributed by atoms with Gasteiger partial charge in [0, 0.05) is 0 Å². The summed E-state index contributed by atoms with van der Waals surface area (Å²) < 4.78 is 0. The van der Waals surface area contributed by atoms with Crippen molar-refractivity contribution >= 4 is 0 Å². The van der Waals surface area contributed by atoms with Crippen LogP contribution < -0.4 is 0 Å². The van der Waals surface area contributed by atoms with Crippen LogP contribution in [0.15, 0.2) is 24.3 Å². The van der Waals surface area contributed by atoms with Crippen LogP contribution in [0.5, 0.6) is 0 Å². The van der Waals surface area contributed by atoms with Crippen LogP contribution in [0, 0.1) is 0 Å². The molecule has 4 nitrogen and oxygen atoms in total. The topological polar surface area (TPSA) is 58.9 Å². The van der Waals surface area contributed by atoms with Gasteiger partial charge in [0.15, 0.2) is 0 Å². The van der Waals surface area contributed by atoms with Gasteiger partial charge in [-0.25, -0.2) is 9.78 Å². The summed E-state index contributed by atoms with van der Waals surface area (Å²) >= 11 is 0. The van der Waals surface area contributed by atoms with E-state index in [1.54, 1.807) is 0 Å². The Morgan fingerprint density at radius 3 is 1.32 bits per heavy atom. The maximum atomic E-state index is 9.29. The van der Waals surface area contributed by atoms with Crippen LogP contribution >= 0.6 is 0 Å². The second kappa shape index (κ2) is 8.63. The molecule has 0 saturated heterocycles. The first-order valence-electron chi connectivity index (χ1n) is 8.22. The molecule has 0 heterocycles. The van der Waals surface area contributed by atoms with Crippen LogP contribution in [0.2, 0.25) is 0 Å². The summed E-state index contributed by atoms with van der Waals surface area (Å²) in [6.45, 7) is 7.99. The Balaban J connectivity index is 2.97. The van der Waals surface area contributed by atoms with E-state index in [4.69, 9.17) is 9.78 Å². The molecule has 2 unspecified atom stereocenters. The molecule has 0 fully saturated rings. The average molecular weight is 310 g/mol. The van der Waals surface area contributed by atoms with E-state index in [0.717, 1.165) is 49.7 Å². The fraction of sp³-hybridized carbons (Fsp3) is 0.667. The van der Waals surface area contributed by atoms with Gasteiger partial charge in [-0.3, -0.25) is 10.5 Å². The zero-order chi connectivity index (χ0) is 16.6. The molecule has 0 aromatic heterocycles. The molecule has 0 saturated carbocycles. The first kappa shape index (κ1) is 19.1. The lowest BCUT2D eigenvalue weighted by molar-refractivity contribution is -0.327. The number of hydrogen-bond donors (Lipinski definition) is 2. The van der Waals surface area contributed by atoms with E-state index in [1.165, 1.54) is 0 Å². The van der Waals surface area contributed by atoms with Crippen molar-refractivity contribution in [1.82, 2.24) is 0 Å². The Labute approximate surface area is 133 Å². The van der Waals surface area contributed by atoms with E-state index in [-0.39, 0.29) is 0 Å². The molecular weight excluding hydrogens is 280 g/mol. The second-order valence-corrected chi connectivity index (χ2v) is 6.43. The van der Waals surface area contributed by atoms with Crippen molar-refractivity contribution in [3.63, 3.8) is 0 Å². The zero-order valence-corrected chi connectivity index (χ0v) is 14.3. The molecule has 1 rings (SSSR count). The first-order valence-corrected chi connectivity index (χ1v) is 8.22. The molecule has 0 spiro atoms. The number of unbranched alkanes of at least 4 members (excludes halogenated alkanes) is 2. The average Bonchev–Trinajstić information content (AvgIpc) is 2.57. The highest BCUT2D eigenvalue weighted by Gasteiger charge is 2.30.